The maximum Gasteiger partial charge on any atom is 0.343 e. The Kier molecular flexibility index (Phi) is 7.17. The first kappa shape index (κ1) is 23.5. The Labute approximate surface area is 211 Å². The van der Waals surface area contributed by atoms with Crippen LogP contribution in [0.15, 0.2) is 103 Å². The predicted molar refractivity (Wildman–Crippen MR) is 138 cm³/mol. The van der Waals surface area contributed by atoms with Gasteiger partial charge in [-0.15, -0.1) is 0 Å². The van der Waals surface area contributed by atoms with Crippen molar-refractivity contribution < 1.29 is 23.7 Å². The van der Waals surface area contributed by atoms with Gasteiger partial charge < -0.3 is 18.9 Å². The van der Waals surface area contributed by atoms with E-state index in [1.165, 1.54) is 12.7 Å². The van der Waals surface area contributed by atoms with Crippen molar-refractivity contribution in [3.63, 3.8) is 0 Å². The fourth-order valence-electron chi connectivity index (χ4n) is 4.59. The first-order valence-electron chi connectivity index (χ1n) is 12.0. The summed E-state index contributed by atoms with van der Waals surface area (Å²) >= 11 is 0. The molecule has 1 aliphatic rings. The molecule has 1 aliphatic heterocycles. The van der Waals surface area contributed by atoms with Gasteiger partial charge in [-0.1, -0.05) is 78.9 Å². The average molecular weight is 481 g/mol. The molecule has 0 aromatic heterocycles. The maximum absolute atomic E-state index is 11.4. The van der Waals surface area contributed by atoms with Crippen molar-refractivity contribution in [2.24, 2.45) is 0 Å². The third kappa shape index (κ3) is 5.36. The van der Waals surface area contributed by atoms with Gasteiger partial charge in [-0.3, -0.25) is 0 Å². The largest absolute Gasteiger partial charge is 0.492 e. The van der Waals surface area contributed by atoms with Crippen LogP contribution in [0.2, 0.25) is 0 Å². The number of rotatable bonds is 8. The summed E-state index contributed by atoms with van der Waals surface area (Å²) in [6, 6.07) is 34.6. The highest BCUT2D eigenvalue weighted by molar-refractivity contribution is 5.70. The number of hydrogen-bond donors (Lipinski definition) is 0. The van der Waals surface area contributed by atoms with Gasteiger partial charge in [-0.2, -0.15) is 0 Å². The van der Waals surface area contributed by atoms with Crippen molar-refractivity contribution >= 4 is 5.97 Å². The Morgan fingerprint density at radius 2 is 1.50 bits per heavy atom. The summed E-state index contributed by atoms with van der Waals surface area (Å²) < 4.78 is 22.5. The summed E-state index contributed by atoms with van der Waals surface area (Å²) in [4.78, 5) is 11.4. The predicted octanol–water partition coefficient (Wildman–Crippen LogP) is 6.13. The van der Waals surface area contributed by atoms with E-state index in [4.69, 9.17) is 14.2 Å². The highest BCUT2D eigenvalue weighted by atomic mass is 16.6. The van der Waals surface area contributed by atoms with E-state index in [0.29, 0.717) is 19.0 Å². The molecule has 1 heterocycles. The van der Waals surface area contributed by atoms with Gasteiger partial charge in [0.25, 0.3) is 0 Å². The Morgan fingerprint density at radius 1 is 0.806 bits per heavy atom. The lowest BCUT2D eigenvalue weighted by Gasteiger charge is -2.34. The molecule has 0 amide bonds. The smallest absolute Gasteiger partial charge is 0.343 e. The van der Waals surface area contributed by atoms with E-state index in [2.05, 4.69) is 47.2 Å². The zero-order valence-electron chi connectivity index (χ0n) is 20.1. The van der Waals surface area contributed by atoms with Gasteiger partial charge in [0.15, 0.2) is 6.61 Å². The van der Waals surface area contributed by atoms with Crippen LogP contribution < -0.4 is 14.2 Å². The Hall–Kier alpha value is -4.25. The second kappa shape index (κ2) is 11.0. The van der Waals surface area contributed by atoms with Crippen molar-refractivity contribution in [2.45, 2.75) is 18.4 Å². The lowest BCUT2D eigenvalue weighted by Crippen LogP contribution is -2.25. The van der Waals surface area contributed by atoms with Crippen molar-refractivity contribution in [1.29, 1.82) is 0 Å². The van der Waals surface area contributed by atoms with Crippen molar-refractivity contribution in [2.75, 3.05) is 20.3 Å². The molecule has 2 atom stereocenters. The highest BCUT2D eigenvalue weighted by Crippen LogP contribution is 2.47. The molecule has 0 saturated heterocycles. The van der Waals surface area contributed by atoms with Gasteiger partial charge in [0.05, 0.1) is 13.7 Å². The van der Waals surface area contributed by atoms with Crippen molar-refractivity contribution in [3.8, 4) is 17.2 Å². The van der Waals surface area contributed by atoms with Crippen LogP contribution in [0.3, 0.4) is 0 Å². The molecule has 5 rings (SSSR count). The minimum absolute atomic E-state index is 0.0916. The molecule has 0 unspecified atom stereocenters. The van der Waals surface area contributed by atoms with E-state index in [0.717, 1.165) is 28.2 Å². The third-order valence-electron chi connectivity index (χ3n) is 6.44. The first-order chi connectivity index (χ1) is 17.7. The standard InChI is InChI=1S/C31H28O5/c1-33-30(32)21-35-25-14-12-24(13-15-25)31-27-17-16-26(34-19-22-8-4-2-5-9-22)18-29(27)36-20-28(31)23-10-6-3-7-11-23/h2-18,28,31H,19-21H2,1H3/t28-,31-/m0/s1. The van der Waals surface area contributed by atoms with Crippen LogP contribution in [0.5, 0.6) is 17.2 Å². The molecule has 5 nitrogen and oxygen atoms in total. The summed E-state index contributed by atoms with van der Waals surface area (Å²) in [7, 11) is 1.35. The molecule has 0 fully saturated rings. The van der Waals surface area contributed by atoms with Gasteiger partial charge in [-0.25, -0.2) is 4.79 Å². The number of carbonyl (C=O) groups is 1. The van der Waals surface area contributed by atoms with E-state index < -0.39 is 5.97 Å². The maximum atomic E-state index is 11.4. The molecule has 4 aromatic carbocycles. The number of carbonyl (C=O) groups excluding carboxylic acids is 1. The van der Waals surface area contributed by atoms with Gasteiger partial charge in [0, 0.05) is 23.5 Å². The number of hydrogen-bond acceptors (Lipinski definition) is 5. The molecular weight excluding hydrogens is 452 g/mol. The van der Waals surface area contributed by atoms with Crippen LogP contribution in [-0.4, -0.2) is 26.3 Å². The Morgan fingerprint density at radius 3 is 2.22 bits per heavy atom. The van der Waals surface area contributed by atoms with Crippen LogP contribution in [0.4, 0.5) is 0 Å². The highest BCUT2D eigenvalue weighted by Gasteiger charge is 2.33. The Bertz CT molecular complexity index is 1290. The number of fused-ring (bicyclic) bond motifs is 1. The fourth-order valence-corrected chi connectivity index (χ4v) is 4.59. The lowest BCUT2D eigenvalue weighted by atomic mass is 9.76. The minimum Gasteiger partial charge on any atom is -0.492 e. The molecule has 0 radical (unpaired) electrons. The molecule has 36 heavy (non-hydrogen) atoms. The number of ether oxygens (including phenoxy) is 4. The monoisotopic (exact) mass is 480 g/mol. The van der Waals surface area contributed by atoms with Crippen LogP contribution in [-0.2, 0) is 16.1 Å². The summed E-state index contributed by atoms with van der Waals surface area (Å²) in [5.41, 5.74) is 4.61. The van der Waals surface area contributed by atoms with Crippen LogP contribution >= 0.6 is 0 Å². The fraction of sp³-hybridized carbons (Fsp3) is 0.194. The number of methoxy groups -OCH3 is 1. The van der Waals surface area contributed by atoms with E-state index in [1.807, 2.05) is 60.7 Å². The summed E-state index contributed by atoms with van der Waals surface area (Å²) in [6.07, 6.45) is 0. The van der Waals surface area contributed by atoms with Crippen LogP contribution in [0.1, 0.15) is 34.1 Å². The van der Waals surface area contributed by atoms with Gasteiger partial charge in [-0.05, 0) is 34.9 Å². The van der Waals surface area contributed by atoms with E-state index in [9.17, 15) is 4.79 Å². The first-order valence-corrected chi connectivity index (χ1v) is 12.0. The second-order valence-electron chi connectivity index (χ2n) is 8.71. The molecule has 0 bridgehead atoms. The van der Waals surface area contributed by atoms with Crippen molar-refractivity contribution in [1.82, 2.24) is 0 Å². The molecule has 0 spiro atoms. The topological polar surface area (TPSA) is 54.0 Å². The third-order valence-corrected chi connectivity index (χ3v) is 6.44. The molecule has 182 valence electrons. The SMILES string of the molecule is COC(=O)COc1ccc([C@H]2c3ccc(OCc4ccccc4)cc3OC[C@H]2c2ccccc2)cc1. The normalized spacial score (nSPS) is 16.4. The molecule has 0 saturated carbocycles. The number of benzene rings is 4. The van der Waals surface area contributed by atoms with Gasteiger partial charge in [0.2, 0.25) is 0 Å². The molecular formula is C31H28O5. The lowest BCUT2D eigenvalue weighted by molar-refractivity contribution is -0.142. The van der Waals surface area contributed by atoms with E-state index >= 15 is 0 Å². The van der Waals surface area contributed by atoms with E-state index in [-0.39, 0.29) is 18.4 Å². The molecule has 4 aromatic rings. The van der Waals surface area contributed by atoms with Gasteiger partial charge in [0.1, 0.15) is 23.9 Å². The molecule has 0 N–H and O–H groups in total. The number of esters is 1. The molecule has 5 heteroatoms. The Balaban J connectivity index is 1.42. The van der Waals surface area contributed by atoms with Crippen molar-refractivity contribution in [3.05, 3.63) is 125 Å². The summed E-state index contributed by atoms with van der Waals surface area (Å²) in [5, 5.41) is 0. The minimum atomic E-state index is -0.410. The molecule has 0 aliphatic carbocycles. The quantitative estimate of drug-likeness (QED) is 0.284. The van der Waals surface area contributed by atoms with E-state index in [1.54, 1.807) is 0 Å². The zero-order valence-corrected chi connectivity index (χ0v) is 20.1. The van der Waals surface area contributed by atoms with Crippen LogP contribution in [0, 0.1) is 0 Å². The summed E-state index contributed by atoms with van der Waals surface area (Å²) in [6.45, 7) is 0.946. The van der Waals surface area contributed by atoms with Gasteiger partial charge >= 0.3 is 5.97 Å². The average Bonchev–Trinajstić information content (AvgIpc) is 2.95. The second-order valence-corrected chi connectivity index (χ2v) is 8.71. The van der Waals surface area contributed by atoms with Crippen LogP contribution in [0.25, 0.3) is 0 Å². The zero-order chi connectivity index (χ0) is 24.7. The summed E-state index contributed by atoms with van der Waals surface area (Å²) in [5.74, 6) is 2.07.